The van der Waals surface area contributed by atoms with Crippen molar-refractivity contribution in [3.05, 3.63) is 101 Å². The lowest BCUT2D eigenvalue weighted by atomic mass is 10.0. The number of hydrogen-bond donors (Lipinski definition) is 1. The normalized spacial score (nSPS) is 12.0. The Bertz CT molecular complexity index is 1340. The van der Waals surface area contributed by atoms with Gasteiger partial charge in [0.15, 0.2) is 0 Å². The molecule has 3 aromatic carbocycles. The van der Waals surface area contributed by atoms with E-state index in [-0.39, 0.29) is 12.5 Å². The maximum absolute atomic E-state index is 14.1. The Morgan fingerprint density at radius 1 is 0.897 bits per heavy atom. The number of aryl methyl sites for hydroxylation is 2. The maximum atomic E-state index is 14.1. The van der Waals surface area contributed by atoms with Gasteiger partial charge >= 0.3 is 0 Å². The summed E-state index contributed by atoms with van der Waals surface area (Å²) < 4.78 is 27.1. The van der Waals surface area contributed by atoms with Gasteiger partial charge < -0.3 is 10.2 Å². The van der Waals surface area contributed by atoms with Crippen molar-refractivity contribution < 1.29 is 18.0 Å². The summed E-state index contributed by atoms with van der Waals surface area (Å²) in [6, 6.07) is 23.7. The molecular formula is C31H39N3O4S. The molecule has 0 fully saturated rings. The number of nitrogens with zero attached hydrogens (tertiary/aromatic N) is 2. The summed E-state index contributed by atoms with van der Waals surface area (Å²) in [5.41, 5.74) is 3.84. The van der Waals surface area contributed by atoms with Gasteiger partial charge in [0.25, 0.3) is 0 Å². The number of carbonyl (C=O) groups excluding carboxylic acids is 2. The highest BCUT2D eigenvalue weighted by Gasteiger charge is 2.33. The van der Waals surface area contributed by atoms with Crippen molar-refractivity contribution in [1.29, 1.82) is 0 Å². The number of nitrogens with one attached hydrogen (secondary N) is 1. The minimum Gasteiger partial charge on any atom is -0.354 e. The highest BCUT2D eigenvalue weighted by atomic mass is 32.2. The monoisotopic (exact) mass is 549 g/mol. The van der Waals surface area contributed by atoms with E-state index in [0.29, 0.717) is 18.7 Å². The summed E-state index contributed by atoms with van der Waals surface area (Å²) in [5, 5.41) is 2.99. The smallest absolute Gasteiger partial charge is 0.244 e. The fraction of sp³-hybridized carbons (Fsp3) is 0.355. The first-order chi connectivity index (χ1) is 18.6. The largest absolute Gasteiger partial charge is 0.354 e. The van der Waals surface area contributed by atoms with E-state index in [4.69, 9.17) is 0 Å². The number of carbonyl (C=O) groups is 2. The van der Waals surface area contributed by atoms with Crippen LogP contribution < -0.4 is 9.62 Å². The molecular weight excluding hydrogens is 510 g/mol. The lowest BCUT2D eigenvalue weighted by Crippen LogP contribution is -2.53. The van der Waals surface area contributed by atoms with Crippen LogP contribution in [0.5, 0.6) is 0 Å². The van der Waals surface area contributed by atoms with Gasteiger partial charge in [-0.3, -0.25) is 13.9 Å². The molecule has 3 aromatic rings. The predicted molar refractivity (Wildman–Crippen MR) is 157 cm³/mol. The second kappa shape index (κ2) is 13.9. The second-order valence-corrected chi connectivity index (χ2v) is 11.8. The second-order valence-electron chi connectivity index (χ2n) is 9.92. The molecule has 1 atom stereocenters. The summed E-state index contributed by atoms with van der Waals surface area (Å²) in [6.45, 7) is 6.01. The van der Waals surface area contributed by atoms with Gasteiger partial charge in [-0.05, 0) is 48.6 Å². The molecule has 0 aromatic heterocycles. The number of anilines is 1. The van der Waals surface area contributed by atoms with Crippen LogP contribution in [0.25, 0.3) is 0 Å². The van der Waals surface area contributed by atoms with Crippen LogP contribution in [0.2, 0.25) is 0 Å². The molecule has 0 aliphatic heterocycles. The van der Waals surface area contributed by atoms with Gasteiger partial charge in [-0.1, -0.05) is 86.1 Å². The number of rotatable bonds is 13. The Morgan fingerprint density at radius 2 is 1.51 bits per heavy atom. The first kappa shape index (κ1) is 29.9. The third-order valence-corrected chi connectivity index (χ3v) is 7.74. The van der Waals surface area contributed by atoms with Crippen molar-refractivity contribution in [2.24, 2.45) is 0 Å². The molecule has 0 bridgehead atoms. The molecule has 0 aliphatic rings. The number of hydrogen-bond acceptors (Lipinski definition) is 4. The van der Waals surface area contributed by atoms with Crippen molar-refractivity contribution in [2.75, 3.05) is 23.7 Å². The Morgan fingerprint density at radius 3 is 2.10 bits per heavy atom. The average molecular weight is 550 g/mol. The molecule has 0 unspecified atom stereocenters. The Kier molecular flexibility index (Phi) is 10.7. The van der Waals surface area contributed by atoms with Gasteiger partial charge in [0.1, 0.15) is 12.6 Å². The zero-order chi connectivity index (χ0) is 28.4. The zero-order valence-corrected chi connectivity index (χ0v) is 24.1. The van der Waals surface area contributed by atoms with E-state index in [1.54, 1.807) is 6.07 Å². The van der Waals surface area contributed by atoms with Crippen LogP contribution in [-0.2, 0) is 32.6 Å². The first-order valence-corrected chi connectivity index (χ1v) is 15.1. The van der Waals surface area contributed by atoms with Crippen LogP contribution in [0.4, 0.5) is 5.69 Å². The van der Waals surface area contributed by atoms with Crippen LogP contribution >= 0.6 is 0 Å². The summed E-state index contributed by atoms with van der Waals surface area (Å²) in [7, 11) is -3.80. The van der Waals surface area contributed by atoms with Gasteiger partial charge in [0.2, 0.25) is 21.8 Å². The number of unbranched alkanes of at least 4 members (excludes halogenated alkanes) is 1. The lowest BCUT2D eigenvalue weighted by molar-refractivity contribution is -0.140. The van der Waals surface area contributed by atoms with Crippen LogP contribution in [-0.4, -0.2) is 50.5 Å². The van der Waals surface area contributed by atoms with Gasteiger partial charge in [0, 0.05) is 19.5 Å². The maximum Gasteiger partial charge on any atom is 0.244 e. The molecule has 0 radical (unpaired) electrons. The minimum atomic E-state index is -3.80. The summed E-state index contributed by atoms with van der Waals surface area (Å²) in [4.78, 5) is 29.2. The molecule has 208 valence electrons. The molecule has 1 N–H and O–H groups in total. The van der Waals surface area contributed by atoms with Gasteiger partial charge in [-0.15, -0.1) is 0 Å². The SMILES string of the molecule is CCCCNC(=O)[C@H](Cc1ccccc1)N(Cc1ccccc1)C(=O)CN(c1cc(C)ccc1C)S(C)(=O)=O. The average Bonchev–Trinajstić information content (AvgIpc) is 2.91. The van der Waals surface area contributed by atoms with Gasteiger partial charge in [-0.25, -0.2) is 8.42 Å². The molecule has 0 aliphatic carbocycles. The molecule has 0 spiro atoms. The molecule has 2 amide bonds. The van der Waals surface area contributed by atoms with E-state index in [1.807, 2.05) is 93.6 Å². The minimum absolute atomic E-state index is 0.169. The summed E-state index contributed by atoms with van der Waals surface area (Å²) >= 11 is 0. The third kappa shape index (κ3) is 8.68. The highest BCUT2D eigenvalue weighted by Crippen LogP contribution is 2.25. The third-order valence-electron chi connectivity index (χ3n) is 6.61. The van der Waals surface area contributed by atoms with Crippen molar-refractivity contribution >= 4 is 27.5 Å². The van der Waals surface area contributed by atoms with E-state index in [0.717, 1.165) is 45.7 Å². The number of sulfonamides is 1. The molecule has 3 rings (SSSR count). The molecule has 8 heteroatoms. The van der Waals surface area contributed by atoms with E-state index in [2.05, 4.69) is 5.32 Å². The first-order valence-electron chi connectivity index (χ1n) is 13.3. The fourth-order valence-electron chi connectivity index (χ4n) is 4.42. The molecule has 39 heavy (non-hydrogen) atoms. The summed E-state index contributed by atoms with van der Waals surface area (Å²) in [6.07, 6.45) is 3.16. The number of amides is 2. The topological polar surface area (TPSA) is 86.8 Å². The number of benzene rings is 3. The Hall–Kier alpha value is -3.65. The Balaban J connectivity index is 2.04. The fourth-order valence-corrected chi connectivity index (χ4v) is 5.32. The molecule has 7 nitrogen and oxygen atoms in total. The van der Waals surface area contributed by atoms with Gasteiger partial charge in [-0.2, -0.15) is 0 Å². The van der Waals surface area contributed by atoms with Crippen molar-refractivity contribution in [2.45, 2.75) is 52.6 Å². The van der Waals surface area contributed by atoms with Crippen molar-refractivity contribution in [3.8, 4) is 0 Å². The van der Waals surface area contributed by atoms with Crippen LogP contribution in [0.1, 0.15) is 42.0 Å². The molecule has 0 saturated carbocycles. The highest BCUT2D eigenvalue weighted by molar-refractivity contribution is 7.92. The van der Waals surface area contributed by atoms with Crippen LogP contribution in [0.3, 0.4) is 0 Å². The summed E-state index contributed by atoms with van der Waals surface area (Å²) in [5.74, 6) is -0.703. The van der Waals surface area contributed by atoms with Crippen molar-refractivity contribution in [1.82, 2.24) is 10.2 Å². The van der Waals surface area contributed by atoms with E-state index in [1.165, 1.54) is 4.90 Å². The van der Waals surface area contributed by atoms with Crippen LogP contribution in [0.15, 0.2) is 78.9 Å². The molecule has 0 heterocycles. The zero-order valence-electron chi connectivity index (χ0n) is 23.3. The standard InChI is InChI=1S/C31H39N3O4S/c1-5-6-19-32-31(36)29(21-26-13-9-7-10-14-26)33(22-27-15-11-8-12-16-27)30(35)23-34(39(4,37)38)28-20-24(2)17-18-25(28)3/h7-18,20,29H,5-6,19,21-23H2,1-4H3,(H,32,36)/t29-/m0/s1. The van der Waals surface area contributed by atoms with E-state index < -0.39 is 28.5 Å². The lowest BCUT2D eigenvalue weighted by Gasteiger charge is -2.34. The van der Waals surface area contributed by atoms with E-state index in [9.17, 15) is 18.0 Å². The van der Waals surface area contributed by atoms with E-state index >= 15 is 0 Å². The molecule has 0 saturated heterocycles. The van der Waals surface area contributed by atoms with Crippen molar-refractivity contribution in [3.63, 3.8) is 0 Å². The Labute approximate surface area is 232 Å². The van der Waals surface area contributed by atoms with Gasteiger partial charge in [0.05, 0.1) is 11.9 Å². The quantitative estimate of drug-likeness (QED) is 0.315. The predicted octanol–water partition coefficient (Wildman–Crippen LogP) is 4.63. The van der Waals surface area contributed by atoms with Crippen LogP contribution in [0, 0.1) is 13.8 Å².